The van der Waals surface area contributed by atoms with E-state index >= 15 is 0 Å². The normalized spacial score (nSPS) is 10.5. The lowest BCUT2D eigenvalue weighted by Crippen LogP contribution is -2.28. The van der Waals surface area contributed by atoms with Gasteiger partial charge in [0.1, 0.15) is 17.6 Å². The van der Waals surface area contributed by atoms with Gasteiger partial charge in [-0.05, 0) is 13.0 Å². The molecule has 0 fully saturated rings. The molecule has 2 aromatic heterocycles. The summed E-state index contributed by atoms with van der Waals surface area (Å²) in [6.45, 7) is 1.87. The standard InChI is InChI=1S/C8H9BN2O3/c1-6-2-3-11(10-6)7-4-8(9(12)13)14-5-7/h2-5,12-13H,1H3. The summed E-state index contributed by atoms with van der Waals surface area (Å²) in [4.78, 5) is 0. The quantitative estimate of drug-likeness (QED) is 0.626. The number of hydrogen-bond acceptors (Lipinski definition) is 4. The number of aryl methyl sites for hydroxylation is 1. The van der Waals surface area contributed by atoms with Gasteiger partial charge in [0.25, 0.3) is 0 Å². The Morgan fingerprint density at radius 1 is 1.50 bits per heavy atom. The van der Waals surface area contributed by atoms with Crippen molar-refractivity contribution in [1.82, 2.24) is 9.78 Å². The fourth-order valence-corrected chi connectivity index (χ4v) is 1.16. The van der Waals surface area contributed by atoms with Gasteiger partial charge in [0.15, 0.2) is 0 Å². The second kappa shape index (κ2) is 3.32. The SMILES string of the molecule is Cc1ccn(-c2coc(B(O)O)c2)n1. The molecule has 0 amide bonds. The number of rotatable bonds is 2. The first-order valence-corrected chi connectivity index (χ1v) is 4.14. The van der Waals surface area contributed by atoms with Crippen molar-refractivity contribution in [3.05, 3.63) is 30.3 Å². The van der Waals surface area contributed by atoms with Crippen molar-refractivity contribution in [2.24, 2.45) is 0 Å². The van der Waals surface area contributed by atoms with Crippen LogP contribution in [-0.2, 0) is 0 Å². The fourth-order valence-electron chi connectivity index (χ4n) is 1.16. The van der Waals surface area contributed by atoms with Crippen LogP contribution < -0.4 is 5.66 Å². The summed E-state index contributed by atoms with van der Waals surface area (Å²) in [5.41, 5.74) is 1.66. The van der Waals surface area contributed by atoms with E-state index in [1.54, 1.807) is 10.9 Å². The second-order valence-electron chi connectivity index (χ2n) is 2.98. The highest BCUT2D eigenvalue weighted by Crippen LogP contribution is 2.06. The van der Waals surface area contributed by atoms with E-state index in [4.69, 9.17) is 14.5 Å². The molecule has 0 aliphatic carbocycles. The summed E-state index contributed by atoms with van der Waals surface area (Å²) in [6, 6.07) is 3.37. The van der Waals surface area contributed by atoms with Gasteiger partial charge in [-0.1, -0.05) is 0 Å². The van der Waals surface area contributed by atoms with Crippen molar-refractivity contribution >= 4 is 12.8 Å². The zero-order chi connectivity index (χ0) is 10.1. The van der Waals surface area contributed by atoms with Crippen molar-refractivity contribution in [3.63, 3.8) is 0 Å². The van der Waals surface area contributed by atoms with Crippen LogP contribution in [0.5, 0.6) is 0 Å². The maximum absolute atomic E-state index is 8.82. The van der Waals surface area contributed by atoms with Crippen LogP contribution in [0.4, 0.5) is 0 Å². The summed E-state index contributed by atoms with van der Waals surface area (Å²) in [5.74, 6) is 0. The molecule has 0 unspecified atom stereocenters. The predicted octanol–water partition coefficient (Wildman–Crippen LogP) is -0.546. The Morgan fingerprint density at radius 3 is 2.79 bits per heavy atom. The van der Waals surface area contributed by atoms with Crippen LogP contribution in [0, 0.1) is 6.92 Å². The van der Waals surface area contributed by atoms with E-state index in [1.807, 2.05) is 13.0 Å². The van der Waals surface area contributed by atoms with Gasteiger partial charge in [-0.3, -0.25) is 0 Å². The highest BCUT2D eigenvalue weighted by molar-refractivity contribution is 6.57. The summed E-state index contributed by atoms with van der Waals surface area (Å²) < 4.78 is 6.53. The highest BCUT2D eigenvalue weighted by Gasteiger charge is 2.16. The first kappa shape index (κ1) is 9.05. The lowest BCUT2D eigenvalue weighted by atomic mass is 9.88. The molecule has 0 radical (unpaired) electrons. The molecule has 14 heavy (non-hydrogen) atoms. The molecule has 5 nitrogen and oxygen atoms in total. The number of hydrogen-bond donors (Lipinski definition) is 2. The maximum atomic E-state index is 8.82. The first-order chi connectivity index (χ1) is 6.66. The molecule has 2 aromatic rings. The minimum Gasteiger partial charge on any atom is -0.471 e. The van der Waals surface area contributed by atoms with E-state index in [0.717, 1.165) is 5.69 Å². The van der Waals surface area contributed by atoms with Crippen LogP contribution in [0.15, 0.2) is 29.0 Å². The molecule has 0 spiro atoms. The molecule has 0 aromatic carbocycles. The molecule has 2 N–H and O–H groups in total. The number of nitrogens with zero attached hydrogens (tertiary/aromatic N) is 2. The molecule has 6 heteroatoms. The van der Waals surface area contributed by atoms with Gasteiger partial charge in [-0.15, -0.1) is 0 Å². The van der Waals surface area contributed by atoms with Gasteiger partial charge in [0.05, 0.1) is 5.69 Å². The predicted molar refractivity (Wildman–Crippen MR) is 50.4 cm³/mol. The van der Waals surface area contributed by atoms with Crippen molar-refractivity contribution in [2.45, 2.75) is 6.92 Å². The fraction of sp³-hybridized carbons (Fsp3) is 0.125. The van der Waals surface area contributed by atoms with Crippen LogP contribution >= 0.6 is 0 Å². The maximum Gasteiger partial charge on any atom is 0.526 e. The molecule has 2 heterocycles. The Balaban J connectivity index is 2.33. The number of furan rings is 1. The Bertz CT molecular complexity index is 435. The van der Waals surface area contributed by atoms with Crippen LogP contribution in [0.1, 0.15) is 5.69 Å². The minimum absolute atomic E-state index is 0.105. The smallest absolute Gasteiger partial charge is 0.471 e. The van der Waals surface area contributed by atoms with Gasteiger partial charge < -0.3 is 14.5 Å². The molecule has 0 saturated carbocycles. The molecule has 0 bridgehead atoms. The first-order valence-electron chi connectivity index (χ1n) is 4.14. The third kappa shape index (κ3) is 1.57. The Hall–Kier alpha value is -1.53. The molecular weight excluding hydrogens is 183 g/mol. The third-order valence-corrected chi connectivity index (χ3v) is 1.85. The Kier molecular flexibility index (Phi) is 2.15. The van der Waals surface area contributed by atoms with Crippen LogP contribution in [-0.4, -0.2) is 26.9 Å². The van der Waals surface area contributed by atoms with Gasteiger partial charge in [-0.25, -0.2) is 4.68 Å². The van der Waals surface area contributed by atoms with Gasteiger partial charge in [-0.2, -0.15) is 5.10 Å². The van der Waals surface area contributed by atoms with E-state index in [1.165, 1.54) is 12.3 Å². The highest BCUT2D eigenvalue weighted by atomic mass is 16.4. The third-order valence-electron chi connectivity index (χ3n) is 1.85. The van der Waals surface area contributed by atoms with Gasteiger partial charge in [0, 0.05) is 12.3 Å². The summed E-state index contributed by atoms with van der Waals surface area (Å²) >= 11 is 0. The van der Waals surface area contributed by atoms with E-state index in [-0.39, 0.29) is 5.66 Å². The van der Waals surface area contributed by atoms with E-state index < -0.39 is 7.12 Å². The van der Waals surface area contributed by atoms with Crippen molar-refractivity contribution in [3.8, 4) is 5.69 Å². The van der Waals surface area contributed by atoms with Gasteiger partial charge in [0.2, 0.25) is 0 Å². The monoisotopic (exact) mass is 192 g/mol. The topological polar surface area (TPSA) is 71.4 Å². The van der Waals surface area contributed by atoms with Crippen molar-refractivity contribution in [1.29, 1.82) is 0 Å². The molecule has 72 valence electrons. The Labute approximate surface area is 80.7 Å². The van der Waals surface area contributed by atoms with E-state index in [9.17, 15) is 0 Å². The summed E-state index contributed by atoms with van der Waals surface area (Å²) in [6.07, 6.45) is 3.19. The molecule has 2 rings (SSSR count). The zero-order valence-corrected chi connectivity index (χ0v) is 7.58. The van der Waals surface area contributed by atoms with E-state index in [2.05, 4.69) is 5.10 Å². The lowest BCUT2D eigenvalue weighted by Gasteiger charge is -1.92. The molecular formula is C8H9BN2O3. The molecule has 0 atom stereocenters. The van der Waals surface area contributed by atoms with Gasteiger partial charge >= 0.3 is 7.12 Å². The summed E-state index contributed by atoms with van der Waals surface area (Å²) in [5, 5.41) is 21.8. The Morgan fingerprint density at radius 2 is 2.29 bits per heavy atom. The molecule has 0 saturated heterocycles. The van der Waals surface area contributed by atoms with E-state index in [0.29, 0.717) is 5.69 Å². The average Bonchev–Trinajstić information content (AvgIpc) is 2.70. The molecule has 0 aliphatic heterocycles. The lowest BCUT2D eigenvalue weighted by molar-refractivity contribution is 0.409. The van der Waals surface area contributed by atoms with Crippen LogP contribution in [0.25, 0.3) is 5.69 Å². The largest absolute Gasteiger partial charge is 0.526 e. The summed E-state index contributed by atoms with van der Waals surface area (Å²) in [7, 11) is -1.58. The van der Waals surface area contributed by atoms with Crippen molar-refractivity contribution in [2.75, 3.05) is 0 Å². The van der Waals surface area contributed by atoms with Crippen LogP contribution in [0.3, 0.4) is 0 Å². The zero-order valence-electron chi connectivity index (χ0n) is 7.58. The number of aromatic nitrogens is 2. The molecule has 0 aliphatic rings. The average molecular weight is 192 g/mol. The van der Waals surface area contributed by atoms with Crippen molar-refractivity contribution < 1.29 is 14.5 Å². The van der Waals surface area contributed by atoms with Crippen LogP contribution in [0.2, 0.25) is 0 Å². The second-order valence-corrected chi connectivity index (χ2v) is 2.98. The minimum atomic E-state index is -1.58.